The topological polar surface area (TPSA) is 64.7 Å². The highest BCUT2D eigenvalue weighted by Crippen LogP contribution is 2.35. The molecule has 0 saturated carbocycles. The predicted molar refractivity (Wildman–Crippen MR) is 99.9 cm³/mol. The van der Waals surface area contributed by atoms with Gasteiger partial charge in [-0.1, -0.05) is 36.4 Å². The lowest BCUT2D eigenvalue weighted by molar-refractivity contribution is 0.568. The molecule has 2 heterocycles. The summed E-state index contributed by atoms with van der Waals surface area (Å²) >= 11 is 0. The molecule has 1 fully saturated rings. The van der Waals surface area contributed by atoms with Crippen molar-refractivity contribution in [2.75, 3.05) is 35.4 Å². The quantitative estimate of drug-likeness (QED) is 0.872. The number of hydrogen-bond acceptors (Lipinski definition) is 4. The summed E-state index contributed by atoms with van der Waals surface area (Å²) in [5.74, 6) is 0. The average molecular weight is 358 g/mol. The van der Waals surface area contributed by atoms with E-state index in [2.05, 4.69) is 21.0 Å². The second-order valence-corrected chi connectivity index (χ2v) is 8.01. The molecule has 132 valence electrons. The van der Waals surface area contributed by atoms with Gasteiger partial charge in [-0.25, -0.2) is 0 Å². The van der Waals surface area contributed by atoms with Gasteiger partial charge in [0.05, 0.1) is 12.2 Å². The third-order valence-electron chi connectivity index (χ3n) is 4.74. The summed E-state index contributed by atoms with van der Waals surface area (Å²) in [6.07, 6.45) is 0. The maximum absolute atomic E-state index is 12.6. The Labute approximate surface area is 148 Å². The van der Waals surface area contributed by atoms with Crippen LogP contribution in [0.15, 0.2) is 48.5 Å². The minimum Gasteiger partial charge on any atom is -0.369 e. The smallest absolute Gasteiger partial charge is 0.302 e. The van der Waals surface area contributed by atoms with E-state index in [-0.39, 0.29) is 0 Å². The highest BCUT2D eigenvalue weighted by molar-refractivity contribution is 7.90. The van der Waals surface area contributed by atoms with E-state index in [9.17, 15) is 8.42 Å². The molecule has 0 aliphatic carbocycles. The molecule has 0 unspecified atom stereocenters. The van der Waals surface area contributed by atoms with Crippen molar-refractivity contribution in [3.8, 4) is 0 Å². The van der Waals surface area contributed by atoms with Gasteiger partial charge in [0, 0.05) is 44.0 Å². The van der Waals surface area contributed by atoms with Gasteiger partial charge >= 0.3 is 10.2 Å². The zero-order valence-corrected chi connectivity index (χ0v) is 14.8. The summed E-state index contributed by atoms with van der Waals surface area (Å²) in [4.78, 5) is 2.33. The lowest BCUT2D eigenvalue weighted by Gasteiger charge is -2.36. The lowest BCUT2D eigenvalue weighted by atomic mass is 10.1. The molecule has 2 aromatic carbocycles. The second kappa shape index (κ2) is 6.67. The van der Waals surface area contributed by atoms with Crippen molar-refractivity contribution >= 4 is 21.6 Å². The van der Waals surface area contributed by atoms with E-state index < -0.39 is 10.2 Å². The van der Waals surface area contributed by atoms with E-state index in [0.717, 1.165) is 48.7 Å². The molecular formula is C18H22N4O2S. The number of benzene rings is 2. The third-order valence-corrected chi connectivity index (χ3v) is 6.16. The first kappa shape index (κ1) is 16.4. The van der Waals surface area contributed by atoms with Gasteiger partial charge < -0.3 is 10.2 Å². The Morgan fingerprint density at radius 3 is 2.40 bits per heavy atom. The van der Waals surface area contributed by atoms with Gasteiger partial charge in [0.1, 0.15) is 0 Å². The number of anilines is 2. The Morgan fingerprint density at radius 2 is 1.64 bits per heavy atom. The normalized spacial score (nSPS) is 19.5. The Hall–Kier alpha value is -2.09. The molecule has 0 atom stereocenters. The highest BCUT2D eigenvalue weighted by atomic mass is 32.2. The fraction of sp³-hybridized carbons (Fsp3) is 0.333. The molecule has 0 amide bonds. The van der Waals surface area contributed by atoms with Crippen LogP contribution in [0.3, 0.4) is 0 Å². The summed E-state index contributed by atoms with van der Waals surface area (Å²) in [5.41, 5.74) is 3.92. The Balaban J connectivity index is 1.73. The molecule has 2 aliphatic heterocycles. The number of piperazine rings is 1. The zero-order valence-electron chi connectivity index (χ0n) is 14.0. The molecule has 6 nitrogen and oxygen atoms in total. The van der Waals surface area contributed by atoms with Crippen molar-refractivity contribution in [2.45, 2.75) is 13.1 Å². The van der Waals surface area contributed by atoms with Crippen LogP contribution in [0.1, 0.15) is 11.1 Å². The van der Waals surface area contributed by atoms with Crippen molar-refractivity contribution in [2.24, 2.45) is 0 Å². The number of nitrogens with one attached hydrogen (secondary N) is 2. The SMILES string of the molecule is O=S1(=O)NCc2c(N3CCNCC3)cccc2N1Cc1ccccc1. The van der Waals surface area contributed by atoms with Crippen molar-refractivity contribution in [1.82, 2.24) is 10.0 Å². The molecule has 2 aromatic rings. The monoisotopic (exact) mass is 358 g/mol. The van der Waals surface area contributed by atoms with E-state index >= 15 is 0 Å². The molecule has 0 bridgehead atoms. The number of nitrogens with zero attached hydrogens (tertiary/aromatic N) is 2. The Morgan fingerprint density at radius 1 is 0.920 bits per heavy atom. The predicted octanol–water partition coefficient (Wildman–Crippen LogP) is 1.45. The van der Waals surface area contributed by atoms with Crippen molar-refractivity contribution < 1.29 is 8.42 Å². The van der Waals surface area contributed by atoms with Crippen molar-refractivity contribution in [3.63, 3.8) is 0 Å². The number of rotatable bonds is 3. The molecular weight excluding hydrogens is 336 g/mol. The second-order valence-electron chi connectivity index (χ2n) is 6.33. The van der Waals surface area contributed by atoms with Gasteiger partial charge in [-0.05, 0) is 17.7 Å². The molecule has 0 aromatic heterocycles. The van der Waals surface area contributed by atoms with Crippen LogP contribution >= 0.6 is 0 Å². The standard InChI is InChI=1S/C18H22N4O2S/c23-25(24)20-13-16-17(21-11-9-19-10-12-21)7-4-8-18(16)22(25)14-15-5-2-1-3-6-15/h1-8,19-20H,9-14H2. The average Bonchev–Trinajstić information content (AvgIpc) is 2.65. The maximum atomic E-state index is 12.6. The molecule has 1 saturated heterocycles. The molecule has 4 rings (SSSR count). The van der Waals surface area contributed by atoms with Crippen LogP contribution in [0.5, 0.6) is 0 Å². The third kappa shape index (κ3) is 3.22. The Kier molecular flexibility index (Phi) is 4.37. The molecule has 25 heavy (non-hydrogen) atoms. The van der Waals surface area contributed by atoms with Crippen LogP contribution in [0.25, 0.3) is 0 Å². The molecule has 0 radical (unpaired) electrons. The first-order chi connectivity index (χ1) is 12.1. The minimum absolute atomic E-state index is 0.328. The van der Waals surface area contributed by atoms with E-state index in [1.807, 2.05) is 42.5 Å². The fourth-order valence-corrected chi connectivity index (χ4v) is 4.70. The highest BCUT2D eigenvalue weighted by Gasteiger charge is 2.31. The van der Waals surface area contributed by atoms with Gasteiger partial charge in [-0.15, -0.1) is 0 Å². The van der Waals surface area contributed by atoms with Gasteiger partial charge in [0.15, 0.2) is 0 Å². The van der Waals surface area contributed by atoms with Crippen LogP contribution in [-0.2, 0) is 23.3 Å². The van der Waals surface area contributed by atoms with Crippen LogP contribution < -0.4 is 19.2 Å². The van der Waals surface area contributed by atoms with E-state index in [1.54, 1.807) is 0 Å². The number of hydrogen-bond donors (Lipinski definition) is 2. The van der Waals surface area contributed by atoms with Gasteiger partial charge in [-0.2, -0.15) is 13.1 Å². The van der Waals surface area contributed by atoms with Crippen LogP contribution in [0.2, 0.25) is 0 Å². The van der Waals surface area contributed by atoms with Crippen molar-refractivity contribution in [1.29, 1.82) is 0 Å². The first-order valence-electron chi connectivity index (χ1n) is 8.54. The molecule has 2 N–H and O–H groups in total. The Bertz CT molecular complexity index is 849. The van der Waals surface area contributed by atoms with E-state index in [0.29, 0.717) is 13.1 Å². The van der Waals surface area contributed by atoms with Crippen LogP contribution in [0, 0.1) is 0 Å². The van der Waals surface area contributed by atoms with Crippen LogP contribution in [0.4, 0.5) is 11.4 Å². The van der Waals surface area contributed by atoms with E-state index in [1.165, 1.54) is 4.31 Å². The summed E-state index contributed by atoms with van der Waals surface area (Å²) in [6, 6.07) is 15.6. The lowest BCUT2D eigenvalue weighted by Crippen LogP contribution is -2.47. The largest absolute Gasteiger partial charge is 0.369 e. The fourth-order valence-electron chi connectivity index (χ4n) is 3.47. The van der Waals surface area contributed by atoms with Gasteiger partial charge in [0.25, 0.3) is 0 Å². The summed E-state index contributed by atoms with van der Waals surface area (Å²) < 4.78 is 29.5. The summed E-state index contributed by atoms with van der Waals surface area (Å²) in [6.45, 7) is 4.42. The van der Waals surface area contributed by atoms with Gasteiger partial charge in [0.2, 0.25) is 0 Å². The molecule has 7 heteroatoms. The van der Waals surface area contributed by atoms with Gasteiger partial charge in [-0.3, -0.25) is 4.31 Å². The zero-order chi connectivity index (χ0) is 17.3. The van der Waals surface area contributed by atoms with E-state index in [4.69, 9.17) is 0 Å². The maximum Gasteiger partial charge on any atom is 0.302 e. The summed E-state index contributed by atoms with van der Waals surface area (Å²) in [5, 5.41) is 3.36. The summed E-state index contributed by atoms with van der Waals surface area (Å²) in [7, 11) is -3.53. The first-order valence-corrected chi connectivity index (χ1v) is 9.98. The number of fused-ring (bicyclic) bond motifs is 1. The molecule has 0 spiro atoms. The minimum atomic E-state index is -3.53. The molecule has 2 aliphatic rings. The van der Waals surface area contributed by atoms with Crippen molar-refractivity contribution in [3.05, 3.63) is 59.7 Å². The van der Waals surface area contributed by atoms with Crippen LogP contribution in [-0.4, -0.2) is 34.6 Å².